The minimum absolute atomic E-state index is 0.244. The molecule has 0 fully saturated rings. The highest BCUT2D eigenvalue weighted by atomic mass is 16.4. The third kappa shape index (κ3) is 3.83. The standard InChI is InChI=1S/C36H24O10/c37-27-24(28(38)32(42)35(45)31(27)41)17-12-10-15-9-11-16(13-18(15)14-17)23-19-5-1-3-7-21(19)25(22-8-4-2-6-20(22)23)26-29(39)33(43)36(46)34(44)30(26)40/h1-14,37-46H. The number of hydrogen-bond acceptors (Lipinski definition) is 10. The lowest BCUT2D eigenvalue weighted by Crippen LogP contribution is -1.92. The lowest BCUT2D eigenvalue weighted by molar-refractivity contribution is 0.330. The highest BCUT2D eigenvalue weighted by molar-refractivity contribution is 6.23. The summed E-state index contributed by atoms with van der Waals surface area (Å²) in [5.74, 6) is -9.29. The molecule has 46 heavy (non-hydrogen) atoms. The van der Waals surface area contributed by atoms with E-state index < -0.39 is 57.5 Å². The number of fused-ring (bicyclic) bond motifs is 3. The molecule has 0 spiro atoms. The Morgan fingerprint density at radius 3 is 1.00 bits per heavy atom. The average molecular weight is 617 g/mol. The molecule has 7 aromatic carbocycles. The van der Waals surface area contributed by atoms with Gasteiger partial charge in [0.05, 0.1) is 11.1 Å². The third-order valence-corrected chi connectivity index (χ3v) is 8.34. The first-order chi connectivity index (χ1) is 22.0. The second-order valence-corrected chi connectivity index (χ2v) is 10.9. The number of aromatic hydroxyl groups is 10. The zero-order valence-corrected chi connectivity index (χ0v) is 23.6. The molecule has 0 bridgehead atoms. The molecule has 7 rings (SSSR count). The van der Waals surface area contributed by atoms with Gasteiger partial charge in [0.25, 0.3) is 0 Å². The molecule has 10 nitrogen and oxygen atoms in total. The Kier molecular flexibility index (Phi) is 6.07. The number of phenols is 10. The first-order valence-corrected chi connectivity index (χ1v) is 13.9. The molecule has 0 saturated carbocycles. The largest absolute Gasteiger partial charge is 0.504 e. The van der Waals surface area contributed by atoms with E-state index in [1.54, 1.807) is 42.5 Å². The van der Waals surface area contributed by atoms with Crippen molar-refractivity contribution in [2.45, 2.75) is 0 Å². The fraction of sp³-hybridized carbons (Fsp3) is 0. The van der Waals surface area contributed by atoms with Crippen molar-refractivity contribution in [2.75, 3.05) is 0 Å². The van der Waals surface area contributed by atoms with Gasteiger partial charge in [-0.25, -0.2) is 0 Å². The van der Waals surface area contributed by atoms with Crippen LogP contribution in [0.15, 0.2) is 84.9 Å². The number of benzene rings is 7. The van der Waals surface area contributed by atoms with Gasteiger partial charge in [0.1, 0.15) is 0 Å². The summed E-state index contributed by atoms with van der Waals surface area (Å²) in [6.07, 6.45) is 0. The topological polar surface area (TPSA) is 202 Å². The molecule has 228 valence electrons. The van der Waals surface area contributed by atoms with Crippen LogP contribution < -0.4 is 0 Å². The Labute approximate surface area is 259 Å². The van der Waals surface area contributed by atoms with Crippen LogP contribution in [0.1, 0.15) is 0 Å². The predicted octanol–water partition coefficient (Wildman–Crippen LogP) is 7.20. The second-order valence-electron chi connectivity index (χ2n) is 10.9. The summed E-state index contributed by atoms with van der Waals surface area (Å²) >= 11 is 0. The Morgan fingerprint density at radius 2 is 0.587 bits per heavy atom. The van der Waals surface area contributed by atoms with Crippen LogP contribution in [0, 0.1) is 0 Å². The van der Waals surface area contributed by atoms with E-state index in [0.29, 0.717) is 32.5 Å². The summed E-state index contributed by atoms with van der Waals surface area (Å²) in [7, 11) is 0. The Balaban J connectivity index is 1.53. The first-order valence-electron chi connectivity index (χ1n) is 13.9. The van der Waals surface area contributed by atoms with Gasteiger partial charge in [-0.3, -0.25) is 0 Å². The van der Waals surface area contributed by atoms with E-state index in [1.165, 1.54) is 0 Å². The van der Waals surface area contributed by atoms with Gasteiger partial charge in [0.2, 0.25) is 34.5 Å². The number of phenolic OH excluding ortho intramolecular Hbond substituents is 10. The van der Waals surface area contributed by atoms with Gasteiger partial charge in [-0.05, 0) is 61.1 Å². The molecule has 0 unspecified atom stereocenters. The van der Waals surface area contributed by atoms with E-state index in [9.17, 15) is 51.1 Å². The molecule has 0 aliphatic heterocycles. The molecular weight excluding hydrogens is 592 g/mol. The van der Waals surface area contributed by atoms with E-state index in [4.69, 9.17) is 0 Å². The molecule has 0 atom stereocenters. The summed E-state index contributed by atoms with van der Waals surface area (Å²) in [5, 5.41) is 108. The van der Waals surface area contributed by atoms with Gasteiger partial charge in [-0.15, -0.1) is 0 Å². The molecule has 7 aromatic rings. The molecule has 0 aromatic heterocycles. The molecule has 0 saturated heterocycles. The van der Waals surface area contributed by atoms with Crippen molar-refractivity contribution in [1.29, 1.82) is 0 Å². The van der Waals surface area contributed by atoms with Gasteiger partial charge in [0, 0.05) is 5.56 Å². The zero-order valence-electron chi connectivity index (χ0n) is 23.6. The molecule has 0 heterocycles. The Bertz CT molecular complexity index is 2320. The monoisotopic (exact) mass is 616 g/mol. The molecule has 0 aliphatic rings. The van der Waals surface area contributed by atoms with Crippen molar-refractivity contribution in [1.82, 2.24) is 0 Å². The molecule has 0 aliphatic carbocycles. The minimum Gasteiger partial charge on any atom is -0.504 e. The maximum absolute atomic E-state index is 10.9. The van der Waals surface area contributed by atoms with Crippen molar-refractivity contribution < 1.29 is 51.1 Å². The van der Waals surface area contributed by atoms with Crippen LogP contribution in [0.2, 0.25) is 0 Å². The van der Waals surface area contributed by atoms with Gasteiger partial charge in [-0.1, -0.05) is 72.8 Å². The first kappa shape index (κ1) is 28.1. The maximum Gasteiger partial charge on any atom is 0.208 e. The average Bonchev–Trinajstić information content (AvgIpc) is 3.07. The smallest absolute Gasteiger partial charge is 0.208 e. The van der Waals surface area contributed by atoms with E-state index in [2.05, 4.69) is 0 Å². The van der Waals surface area contributed by atoms with Crippen molar-refractivity contribution >= 4 is 32.3 Å². The third-order valence-electron chi connectivity index (χ3n) is 8.34. The minimum atomic E-state index is -1.06. The van der Waals surface area contributed by atoms with E-state index in [1.807, 2.05) is 42.5 Å². The van der Waals surface area contributed by atoms with Crippen LogP contribution >= 0.6 is 0 Å². The fourth-order valence-electron chi connectivity index (χ4n) is 6.15. The summed E-state index contributed by atoms with van der Waals surface area (Å²) in [5.41, 5.74) is 1.50. The van der Waals surface area contributed by atoms with Gasteiger partial charge in [-0.2, -0.15) is 0 Å². The van der Waals surface area contributed by atoms with Crippen LogP contribution in [0.4, 0.5) is 0 Å². The summed E-state index contributed by atoms with van der Waals surface area (Å²) in [4.78, 5) is 0. The molecule has 0 amide bonds. The SMILES string of the molecule is Oc1c(O)c(O)c(-c2ccc3ccc(-c4c5ccccc5c(-c5c(O)c(O)c(O)c(O)c5O)c5ccccc45)cc3c2)c(O)c1O. The zero-order chi connectivity index (χ0) is 32.6. The van der Waals surface area contributed by atoms with Crippen molar-refractivity contribution in [3.8, 4) is 90.9 Å². The van der Waals surface area contributed by atoms with Crippen LogP contribution in [0.3, 0.4) is 0 Å². The highest BCUT2D eigenvalue weighted by Gasteiger charge is 2.28. The second kappa shape index (κ2) is 9.93. The molecule has 0 radical (unpaired) electrons. The summed E-state index contributed by atoms with van der Waals surface area (Å²) < 4.78 is 0. The van der Waals surface area contributed by atoms with Gasteiger partial charge < -0.3 is 51.1 Å². The molecule has 10 heteroatoms. The Hall–Kier alpha value is -6.68. The van der Waals surface area contributed by atoms with Crippen LogP contribution in [0.25, 0.3) is 65.7 Å². The highest BCUT2D eigenvalue weighted by Crippen LogP contribution is 2.58. The molecular formula is C36H24O10. The predicted molar refractivity (Wildman–Crippen MR) is 172 cm³/mol. The van der Waals surface area contributed by atoms with Crippen LogP contribution in [-0.4, -0.2) is 51.1 Å². The maximum atomic E-state index is 10.9. The van der Waals surface area contributed by atoms with E-state index in [-0.39, 0.29) is 16.7 Å². The molecule has 10 N–H and O–H groups in total. The number of hydrogen-bond donors (Lipinski definition) is 10. The van der Waals surface area contributed by atoms with Crippen LogP contribution in [0.5, 0.6) is 57.5 Å². The Morgan fingerprint density at radius 1 is 0.261 bits per heavy atom. The normalized spacial score (nSPS) is 11.5. The van der Waals surface area contributed by atoms with Gasteiger partial charge in [0.15, 0.2) is 23.0 Å². The van der Waals surface area contributed by atoms with Crippen molar-refractivity contribution in [3.63, 3.8) is 0 Å². The lowest BCUT2D eigenvalue weighted by atomic mass is 9.84. The van der Waals surface area contributed by atoms with Crippen molar-refractivity contribution in [2.24, 2.45) is 0 Å². The summed E-state index contributed by atoms with van der Waals surface area (Å²) in [6.45, 7) is 0. The van der Waals surface area contributed by atoms with E-state index in [0.717, 1.165) is 16.5 Å². The quantitative estimate of drug-likeness (QED) is 0.0549. The fourth-order valence-corrected chi connectivity index (χ4v) is 6.15. The van der Waals surface area contributed by atoms with Crippen molar-refractivity contribution in [3.05, 3.63) is 84.9 Å². The summed E-state index contributed by atoms with van der Waals surface area (Å²) in [6, 6.07) is 24.9. The van der Waals surface area contributed by atoms with Gasteiger partial charge >= 0.3 is 0 Å². The van der Waals surface area contributed by atoms with Crippen LogP contribution in [-0.2, 0) is 0 Å². The number of rotatable bonds is 3. The van der Waals surface area contributed by atoms with E-state index >= 15 is 0 Å². The lowest BCUT2D eigenvalue weighted by Gasteiger charge is -2.20.